The van der Waals surface area contributed by atoms with Gasteiger partial charge in [0.25, 0.3) is 5.91 Å². The summed E-state index contributed by atoms with van der Waals surface area (Å²) < 4.78 is 5.47. The van der Waals surface area contributed by atoms with E-state index in [2.05, 4.69) is 10.3 Å². The Morgan fingerprint density at radius 1 is 1.23 bits per heavy atom. The number of nitrogens with one attached hydrogen (secondary N) is 1. The van der Waals surface area contributed by atoms with Crippen molar-refractivity contribution in [2.45, 2.75) is 25.7 Å². The second-order valence-corrected chi connectivity index (χ2v) is 6.68. The lowest BCUT2D eigenvalue weighted by Crippen LogP contribution is -2.22. The topological polar surface area (TPSA) is 68.3 Å². The predicted octanol–water partition coefficient (Wildman–Crippen LogP) is 3.03. The van der Waals surface area contributed by atoms with Crippen LogP contribution >= 0.6 is 0 Å². The van der Waals surface area contributed by atoms with Crippen LogP contribution in [-0.2, 0) is 11.2 Å². The highest BCUT2D eigenvalue weighted by molar-refractivity contribution is 5.99. The summed E-state index contributed by atoms with van der Waals surface area (Å²) >= 11 is 0. The summed E-state index contributed by atoms with van der Waals surface area (Å²) in [6.45, 7) is 1.41. The lowest BCUT2D eigenvalue weighted by molar-refractivity contribution is 0.0488. The summed E-state index contributed by atoms with van der Waals surface area (Å²) in [6.07, 6.45) is 3.04. The number of benzene rings is 1. The number of ketones is 1. The minimum Gasteiger partial charge on any atom is -0.381 e. The maximum atomic E-state index is 12.8. The van der Waals surface area contributed by atoms with Crippen molar-refractivity contribution in [3.05, 3.63) is 65.0 Å². The van der Waals surface area contributed by atoms with Gasteiger partial charge in [-0.05, 0) is 36.5 Å². The van der Waals surface area contributed by atoms with Gasteiger partial charge in [-0.25, -0.2) is 4.98 Å². The molecule has 1 aliphatic heterocycles. The van der Waals surface area contributed by atoms with Gasteiger partial charge in [-0.3, -0.25) is 9.59 Å². The lowest BCUT2D eigenvalue weighted by atomic mass is 9.93. The minimum absolute atomic E-state index is 0.0439. The van der Waals surface area contributed by atoms with E-state index < -0.39 is 0 Å². The molecule has 0 spiro atoms. The van der Waals surface area contributed by atoms with Crippen LogP contribution in [-0.4, -0.2) is 36.9 Å². The number of nitrogens with zero attached hydrogens (tertiary/aromatic N) is 1. The van der Waals surface area contributed by atoms with E-state index in [0.29, 0.717) is 25.0 Å². The Bertz CT molecular complexity index is 768. The number of hydrogen-bond donors (Lipinski definition) is 1. The number of carbonyl (C=O) groups excluding carboxylic acids is 2. The fourth-order valence-electron chi connectivity index (χ4n) is 3.24. The molecule has 0 radical (unpaired) electrons. The van der Waals surface area contributed by atoms with Crippen LogP contribution in [0.4, 0.5) is 0 Å². The van der Waals surface area contributed by atoms with E-state index in [9.17, 15) is 9.59 Å². The number of rotatable bonds is 6. The molecule has 5 heteroatoms. The number of amides is 1. The molecule has 1 aromatic heterocycles. The van der Waals surface area contributed by atoms with Crippen LogP contribution in [0.25, 0.3) is 0 Å². The van der Waals surface area contributed by atoms with Gasteiger partial charge in [0.15, 0.2) is 5.78 Å². The van der Waals surface area contributed by atoms with Crippen LogP contribution in [0.1, 0.15) is 51.4 Å². The number of hydrogen-bond acceptors (Lipinski definition) is 4. The Morgan fingerprint density at radius 3 is 2.73 bits per heavy atom. The monoisotopic (exact) mass is 352 g/mol. The third kappa shape index (κ3) is 4.76. The number of Topliss-reactive ketones (excluding diaryl/α,β-unsaturated/α-hetero) is 1. The summed E-state index contributed by atoms with van der Waals surface area (Å²) in [5, 5.41) is 2.59. The van der Waals surface area contributed by atoms with Crippen LogP contribution < -0.4 is 5.32 Å². The zero-order valence-electron chi connectivity index (χ0n) is 15.0. The quantitative estimate of drug-likeness (QED) is 0.812. The molecule has 2 aromatic rings. The maximum absolute atomic E-state index is 12.8. The molecule has 1 fully saturated rings. The second-order valence-electron chi connectivity index (χ2n) is 6.68. The minimum atomic E-state index is -0.282. The van der Waals surface area contributed by atoms with Crippen molar-refractivity contribution in [1.82, 2.24) is 10.3 Å². The van der Waals surface area contributed by atoms with Crippen LogP contribution in [0.3, 0.4) is 0 Å². The third-order valence-electron chi connectivity index (χ3n) is 4.62. The van der Waals surface area contributed by atoms with Gasteiger partial charge in [0.1, 0.15) is 5.69 Å². The van der Waals surface area contributed by atoms with Crippen molar-refractivity contribution in [3.8, 4) is 0 Å². The highest BCUT2D eigenvalue weighted by atomic mass is 16.5. The molecule has 5 nitrogen and oxygen atoms in total. The van der Waals surface area contributed by atoms with Gasteiger partial charge in [0.2, 0.25) is 0 Å². The molecule has 1 saturated heterocycles. The average Bonchev–Trinajstić information content (AvgIpc) is 2.68. The van der Waals surface area contributed by atoms with Crippen molar-refractivity contribution >= 4 is 11.7 Å². The highest BCUT2D eigenvalue weighted by Crippen LogP contribution is 2.21. The third-order valence-corrected chi connectivity index (χ3v) is 4.62. The zero-order chi connectivity index (χ0) is 18.4. The van der Waals surface area contributed by atoms with E-state index >= 15 is 0 Å². The maximum Gasteiger partial charge on any atom is 0.269 e. The second kappa shape index (κ2) is 8.72. The predicted molar refractivity (Wildman–Crippen MR) is 99.4 cm³/mol. The molecule has 0 aliphatic carbocycles. The Kier molecular flexibility index (Phi) is 6.12. The first kappa shape index (κ1) is 18.3. The molecule has 3 rings (SSSR count). The van der Waals surface area contributed by atoms with Gasteiger partial charge in [-0.1, -0.05) is 30.3 Å². The SMILES string of the molecule is CNC(=O)c1cc(C(=O)CC2CCCOC2)cc(Cc2ccccc2)n1. The van der Waals surface area contributed by atoms with Crippen LogP contribution in [0.15, 0.2) is 42.5 Å². The fraction of sp³-hybridized carbons (Fsp3) is 0.381. The van der Waals surface area contributed by atoms with E-state index in [1.165, 1.54) is 0 Å². The molecule has 1 aliphatic rings. The summed E-state index contributed by atoms with van der Waals surface area (Å²) in [6, 6.07) is 13.3. The van der Waals surface area contributed by atoms with Gasteiger partial charge in [0, 0.05) is 44.4 Å². The standard InChI is InChI=1S/C21H24N2O3/c1-22-21(25)19-13-17(20(24)11-16-8-5-9-26-14-16)12-18(23-19)10-15-6-3-2-4-7-15/h2-4,6-7,12-13,16H,5,8-11,14H2,1H3,(H,22,25). The molecule has 2 heterocycles. The lowest BCUT2D eigenvalue weighted by Gasteiger charge is -2.21. The van der Waals surface area contributed by atoms with Crippen LogP contribution in [0.5, 0.6) is 0 Å². The van der Waals surface area contributed by atoms with Gasteiger partial charge in [0.05, 0.1) is 0 Å². The van der Waals surface area contributed by atoms with Crippen molar-refractivity contribution in [2.75, 3.05) is 20.3 Å². The summed E-state index contributed by atoms with van der Waals surface area (Å²) in [5.41, 5.74) is 2.65. The zero-order valence-corrected chi connectivity index (χ0v) is 15.0. The Hall–Kier alpha value is -2.53. The van der Waals surface area contributed by atoms with E-state index in [1.807, 2.05) is 36.4 Å². The fourth-order valence-corrected chi connectivity index (χ4v) is 3.24. The summed E-state index contributed by atoms with van der Waals surface area (Å²) in [5.74, 6) is 0.0165. The molecule has 1 unspecified atom stereocenters. The van der Waals surface area contributed by atoms with Crippen molar-refractivity contribution in [3.63, 3.8) is 0 Å². The van der Waals surface area contributed by atoms with E-state index in [-0.39, 0.29) is 23.3 Å². The van der Waals surface area contributed by atoms with Gasteiger partial charge < -0.3 is 10.1 Å². The Balaban J connectivity index is 1.84. The number of aromatic nitrogens is 1. The molecule has 26 heavy (non-hydrogen) atoms. The molecule has 1 amide bonds. The molecular formula is C21H24N2O3. The smallest absolute Gasteiger partial charge is 0.269 e. The molecule has 1 N–H and O–H groups in total. The summed E-state index contributed by atoms with van der Waals surface area (Å²) in [7, 11) is 1.56. The largest absolute Gasteiger partial charge is 0.381 e. The van der Waals surface area contributed by atoms with Crippen LogP contribution in [0.2, 0.25) is 0 Å². The molecule has 1 aromatic carbocycles. The van der Waals surface area contributed by atoms with Gasteiger partial charge in [-0.15, -0.1) is 0 Å². The molecule has 0 saturated carbocycles. The van der Waals surface area contributed by atoms with E-state index in [0.717, 1.165) is 30.7 Å². The van der Waals surface area contributed by atoms with Crippen molar-refractivity contribution < 1.29 is 14.3 Å². The number of carbonyl (C=O) groups is 2. The van der Waals surface area contributed by atoms with E-state index in [4.69, 9.17) is 4.74 Å². The number of pyridine rings is 1. The summed E-state index contributed by atoms with van der Waals surface area (Å²) in [4.78, 5) is 29.3. The van der Waals surface area contributed by atoms with Crippen molar-refractivity contribution in [1.29, 1.82) is 0 Å². The first-order chi connectivity index (χ1) is 12.7. The Labute approximate surface area is 153 Å². The first-order valence-electron chi connectivity index (χ1n) is 9.03. The van der Waals surface area contributed by atoms with E-state index in [1.54, 1.807) is 13.1 Å². The first-order valence-corrected chi connectivity index (χ1v) is 9.03. The van der Waals surface area contributed by atoms with Gasteiger partial charge >= 0.3 is 0 Å². The normalized spacial score (nSPS) is 16.9. The molecular weight excluding hydrogens is 328 g/mol. The van der Waals surface area contributed by atoms with Gasteiger partial charge in [-0.2, -0.15) is 0 Å². The van der Waals surface area contributed by atoms with Crippen molar-refractivity contribution in [2.24, 2.45) is 5.92 Å². The highest BCUT2D eigenvalue weighted by Gasteiger charge is 2.20. The Morgan fingerprint density at radius 2 is 2.04 bits per heavy atom. The average molecular weight is 352 g/mol. The van der Waals surface area contributed by atoms with Crippen LogP contribution in [0, 0.1) is 5.92 Å². The molecule has 0 bridgehead atoms. The number of ether oxygens (including phenoxy) is 1. The molecule has 136 valence electrons. The molecule has 1 atom stereocenters.